The molecule has 19 heavy (non-hydrogen) atoms. The lowest BCUT2D eigenvalue weighted by Crippen LogP contribution is -2.24. The molecule has 108 valence electrons. The monoisotopic (exact) mass is 288 g/mol. The molecule has 0 amide bonds. The van der Waals surface area contributed by atoms with Gasteiger partial charge in [0, 0.05) is 19.8 Å². The highest BCUT2D eigenvalue weighted by atomic mass is 32.2. The molecular formula is C12H20N2O4S. The molecule has 0 aromatic carbocycles. The topological polar surface area (TPSA) is 88.4 Å². The number of aromatic nitrogens is 1. The fourth-order valence-corrected chi connectivity index (χ4v) is 2.88. The van der Waals surface area contributed by atoms with Gasteiger partial charge in [-0.2, -0.15) is 0 Å². The molecule has 0 saturated carbocycles. The van der Waals surface area contributed by atoms with E-state index in [9.17, 15) is 13.2 Å². The molecule has 1 aromatic heterocycles. The summed E-state index contributed by atoms with van der Waals surface area (Å²) in [4.78, 5) is 10.8. The lowest BCUT2D eigenvalue weighted by atomic mass is 10.2. The van der Waals surface area contributed by atoms with Crippen molar-refractivity contribution >= 4 is 16.0 Å². The van der Waals surface area contributed by atoms with Crippen LogP contribution in [0.4, 0.5) is 0 Å². The van der Waals surface area contributed by atoms with Crippen LogP contribution in [-0.4, -0.2) is 30.6 Å². The van der Waals surface area contributed by atoms with Crippen LogP contribution in [0.3, 0.4) is 0 Å². The van der Waals surface area contributed by atoms with Crippen molar-refractivity contribution in [2.24, 2.45) is 7.05 Å². The van der Waals surface area contributed by atoms with Gasteiger partial charge >= 0.3 is 5.97 Å². The van der Waals surface area contributed by atoms with Crippen molar-refractivity contribution in [3.63, 3.8) is 0 Å². The molecule has 0 bridgehead atoms. The Hall–Kier alpha value is -1.34. The summed E-state index contributed by atoms with van der Waals surface area (Å²) in [6, 6.07) is 1.16. The maximum absolute atomic E-state index is 11.9. The first-order valence-corrected chi connectivity index (χ1v) is 7.76. The van der Waals surface area contributed by atoms with Gasteiger partial charge in [0.05, 0.1) is 0 Å². The summed E-state index contributed by atoms with van der Waals surface area (Å²) in [6.07, 6.45) is 5.24. The third-order valence-electron chi connectivity index (χ3n) is 2.83. The number of aromatic carboxylic acids is 1. The highest BCUT2D eigenvalue weighted by Gasteiger charge is 2.19. The molecule has 0 atom stereocenters. The van der Waals surface area contributed by atoms with Crippen molar-refractivity contribution in [2.75, 3.05) is 6.54 Å². The summed E-state index contributed by atoms with van der Waals surface area (Å²) in [5.74, 6) is -1.15. The SMILES string of the molecule is CCCCCCNS(=O)(=O)c1cc(C(=O)O)n(C)c1. The highest BCUT2D eigenvalue weighted by molar-refractivity contribution is 7.89. The van der Waals surface area contributed by atoms with Gasteiger partial charge in [-0.15, -0.1) is 0 Å². The summed E-state index contributed by atoms with van der Waals surface area (Å²) < 4.78 is 27.6. The fourth-order valence-electron chi connectivity index (χ4n) is 1.74. The standard InChI is InChI=1S/C12H20N2O4S/c1-3-4-5-6-7-13-19(17,18)10-8-11(12(15)16)14(2)9-10/h8-9,13H,3-7H2,1-2H3,(H,15,16). The number of carbonyl (C=O) groups is 1. The minimum Gasteiger partial charge on any atom is -0.477 e. The number of nitrogens with one attached hydrogen (secondary N) is 1. The highest BCUT2D eigenvalue weighted by Crippen LogP contribution is 2.13. The predicted octanol–water partition coefficient (Wildman–Crippen LogP) is 1.58. The van der Waals surface area contributed by atoms with Crippen LogP contribution in [0.2, 0.25) is 0 Å². The van der Waals surface area contributed by atoms with Crippen LogP contribution in [-0.2, 0) is 17.1 Å². The Morgan fingerprint density at radius 2 is 2.05 bits per heavy atom. The first kappa shape index (κ1) is 15.7. The van der Waals surface area contributed by atoms with E-state index in [-0.39, 0.29) is 10.6 Å². The zero-order valence-electron chi connectivity index (χ0n) is 11.2. The average Bonchev–Trinajstić information content (AvgIpc) is 2.72. The number of hydrogen-bond acceptors (Lipinski definition) is 3. The molecule has 0 fully saturated rings. The third kappa shape index (κ3) is 4.36. The van der Waals surface area contributed by atoms with Crippen molar-refractivity contribution in [1.29, 1.82) is 0 Å². The Bertz CT molecular complexity index is 534. The summed E-state index contributed by atoms with van der Waals surface area (Å²) >= 11 is 0. The van der Waals surface area contributed by atoms with Gasteiger partial charge in [-0.25, -0.2) is 17.9 Å². The number of unbranched alkanes of at least 4 members (excludes halogenated alkanes) is 3. The van der Waals surface area contributed by atoms with Crippen molar-refractivity contribution in [2.45, 2.75) is 37.5 Å². The first-order chi connectivity index (χ1) is 8.88. The Morgan fingerprint density at radius 3 is 2.58 bits per heavy atom. The van der Waals surface area contributed by atoms with E-state index in [0.29, 0.717) is 6.54 Å². The van der Waals surface area contributed by atoms with E-state index in [1.54, 1.807) is 0 Å². The lowest BCUT2D eigenvalue weighted by molar-refractivity contribution is 0.0686. The molecule has 0 radical (unpaired) electrons. The van der Waals surface area contributed by atoms with E-state index < -0.39 is 16.0 Å². The molecule has 0 saturated heterocycles. The summed E-state index contributed by atoms with van der Waals surface area (Å²) in [7, 11) is -2.11. The maximum atomic E-state index is 11.9. The molecule has 0 aliphatic rings. The summed E-state index contributed by atoms with van der Waals surface area (Å²) in [5, 5.41) is 8.88. The van der Waals surface area contributed by atoms with Gasteiger partial charge in [0.25, 0.3) is 0 Å². The van der Waals surface area contributed by atoms with Crippen molar-refractivity contribution in [3.05, 3.63) is 18.0 Å². The molecule has 0 aliphatic carbocycles. The van der Waals surface area contributed by atoms with E-state index >= 15 is 0 Å². The van der Waals surface area contributed by atoms with Crippen LogP contribution in [0, 0.1) is 0 Å². The van der Waals surface area contributed by atoms with Crippen LogP contribution in [0.25, 0.3) is 0 Å². The third-order valence-corrected chi connectivity index (χ3v) is 4.26. The quantitative estimate of drug-likeness (QED) is 0.711. The summed E-state index contributed by atoms with van der Waals surface area (Å²) in [6.45, 7) is 2.46. The van der Waals surface area contributed by atoms with Crippen LogP contribution in [0.15, 0.2) is 17.2 Å². The molecule has 1 aromatic rings. The smallest absolute Gasteiger partial charge is 0.352 e. The Balaban J connectivity index is 2.67. The fraction of sp³-hybridized carbons (Fsp3) is 0.583. The van der Waals surface area contributed by atoms with E-state index in [4.69, 9.17) is 5.11 Å². The number of carboxylic acids is 1. The zero-order chi connectivity index (χ0) is 14.5. The molecule has 2 N–H and O–H groups in total. The second kappa shape index (κ2) is 6.72. The Labute approximate surface area is 113 Å². The minimum atomic E-state index is -3.62. The van der Waals surface area contributed by atoms with E-state index in [0.717, 1.165) is 31.7 Å². The molecule has 0 aliphatic heterocycles. The van der Waals surface area contributed by atoms with Gasteiger partial charge in [-0.05, 0) is 12.5 Å². The number of rotatable bonds is 8. The van der Waals surface area contributed by atoms with Crippen LogP contribution in [0.5, 0.6) is 0 Å². The molecule has 6 nitrogen and oxygen atoms in total. The van der Waals surface area contributed by atoms with Crippen LogP contribution >= 0.6 is 0 Å². The van der Waals surface area contributed by atoms with E-state index in [1.165, 1.54) is 17.8 Å². The van der Waals surface area contributed by atoms with Crippen LogP contribution in [0.1, 0.15) is 43.1 Å². The maximum Gasteiger partial charge on any atom is 0.352 e. The lowest BCUT2D eigenvalue weighted by Gasteiger charge is -2.04. The second-order valence-corrected chi connectivity index (χ2v) is 6.20. The largest absolute Gasteiger partial charge is 0.477 e. The molecule has 0 spiro atoms. The molecule has 7 heteroatoms. The Morgan fingerprint density at radius 1 is 1.37 bits per heavy atom. The zero-order valence-corrected chi connectivity index (χ0v) is 12.0. The first-order valence-electron chi connectivity index (χ1n) is 6.28. The van der Waals surface area contributed by atoms with Crippen LogP contribution < -0.4 is 4.72 Å². The molecule has 0 unspecified atom stereocenters. The van der Waals surface area contributed by atoms with Gasteiger partial charge < -0.3 is 9.67 Å². The van der Waals surface area contributed by atoms with E-state index in [1.807, 2.05) is 0 Å². The van der Waals surface area contributed by atoms with Gasteiger partial charge in [0.2, 0.25) is 10.0 Å². The number of carboxylic acid groups (broad SMARTS) is 1. The second-order valence-electron chi connectivity index (χ2n) is 4.44. The number of aryl methyl sites for hydroxylation is 1. The number of hydrogen-bond donors (Lipinski definition) is 2. The molecular weight excluding hydrogens is 268 g/mol. The van der Waals surface area contributed by atoms with E-state index in [2.05, 4.69) is 11.6 Å². The van der Waals surface area contributed by atoms with Crippen molar-refractivity contribution in [1.82, 2.24) is 9.29 Å². The minimum absolute atomic E-state index is 0.0112. The summed E-state index contributed by atoms with van der Waals surface area (Å²) in [5.41, 5.74) is -0.0497. The Kier molecular flexibility index (Phi) is 5.56. The average molecular weight is 288 g/mol. The molecule has 1 rings (SSSR count). The number of sulfonamides is 1. The van der Waals surface area contributed by atoms with Gasteiger partial charge in [0.15, 0.2) is 0 Å². The van der Waals surface area contributed by atoms with Gasteiger partial charge in [0.1, 0.15) is 10.6 Å². The number of nitrogens with zero attached hydrogens (tertiary/aromatic N) is 1. The van der Waals surface area contributed by atoms with Crippen molar-refractivity contribution in [3.8, 4) is 0 Å². The normalized spacial score (nSPS) is 11.7. The van der Waals surface area contributed by atoms with Gasteiger partial charge in [-0.3, -0.25) is 0 Å². The van der Waals surface area contributed by atoms with Gasteiger partial charge in [-0.1, -0.05) is 26.2 Å². The van der Waals surface area contributed by atoms with Crippen molar-refractivity contribution < 1.29 is 18.3 Å². The predicted molar refractivity (Wildman–Crippen MR) is 71.7 cm³/mol. The molecule has 1 heterocycles.